The molecule has 3 aliphatic rings. The molecule has 0 amide bonds. The molecular formula is C22H20O. The fourth-order valence-corrected chi connectivity index (χ4v) is 5.41. The lowest BCUT2D eigenvalue weighted by Crippen LogP contribution is -2.24. The fourth-order valence-electron chi connectivity index (χ4n) is 5.41. The molecule has 1 heteroatoms. The van der Waals surface area contributed by atoms with E-state index in [2.05, 4.69) is 42.5 Å². The van der Waals surface area contributed by atoms with Gasteiger partial charge in [-0.1, -0.05) is 60.7 Å². The number of hydrogen-bond acceptors (Lipinski definition) is 1. The van der Waals surface area contributed by atoms with Crippen molar-refractivity contribution in [2.75, 3.05) is 0 Å². The van der Waals surface area contributed by atoms with Crippen LogP contribution in [-0.2, 0) is 4.79 Å². The van der Waals surface area contributed by atoms with Crippen molar-refractivity contribution < 1.29 is 4.79 Å². The molecule has 0 saturated heterocycles. The molecule has 4 unspecified atom stereocenters. The minimum atomic E-state index is 0.249. The van der Waals surface area contributed by atoms with E-state index in [1.165, 1.54) is 30.4 Å². The zero-order chi connectivity index (χ0) is 15.4. The topological polar surface area (TPSA) is 17.1 Å². The van der Waals surface area contributed by atoms with Crippen LogP contribution in [0.2, 0.25) is 0 Å². The first kappa shape index (κ1) is 13.3. The highest BCUT2D eigenvalue weighted by molar-refractivity contribution is 6.32. The summed E-state index contributed by atoms with van der Waals surface area (Å²) in [6.07, 6.45) is 3.82. The first-order valence-electron chi connectivity index (χ1n) is 8.74. The zero-order valence-corrected chi connectivity index (χ0v) is 13.1. The summed E-state index contributed by atoms with van der Waals surface area (Å²) >= 11 is 0. The molecule has 0 radical (unpaired) electrons. The van der Waals surface area contributed by atoms with Crippen molar-refractivity contribution in [3.8, 4) is 0 Å². The Bertz CT molecular complexity index is 787. The highest BCUT2D eigenvalue weighted by Gasteiger charge is 2.56. The third-order valence-corrected chi connectivity index (χ3v) is 6.22. The van der Waals surface area contributed by atoms with Gasteiger partial charge < -0.3 is 0 Å². The third kappa shape index (κ3) is 1.83. The van der Waals surface area contributed by atoms with Crippen LogP contribution in [0.1, 0.15) is 30.4 Å². The van der Waals surface area contributed by atoms with Gasteiger partial charge in [0.2, 0.25) is 0 Å². The standard InChI is InChI=1S/C22H20O/c23-22-20(15-9-5-2-6-10-15)18(14-7-3-1-4-8-14)19-16-11-12-17(13-16)21(19)22/h1-10,16-17,19,21H,11-13H2. The molecule has 1 nitrogen and oxygen atoms in total. The summed E-state index contributed by atoms with van der Waals surface area (Å²) in [7, 11) is 0. The fraction of sp³-hybridized carbons (Fsp3) is 0.318. The van der Waals surface area contributed by atoms with Crippen LogP contribution in [0, 0.1) is 23.7 Å². The van der Waals surface area contributed by atoms with Crippen molar-refractivity contribution in [1.82, 2.24) is 0 Å². The number of carbonyl (C=O) groups excluding carboxylic acids is 1. The zero-order valence-electron chi connectivity index (χ0n) is 13.1. The summed E-state index contributed by atoms with van der Waals surface area (Å²) in [5.41, 5.74) is 4.69. The third-order valence-electron chi connectivity index (χ3n) is 6.22. The van der Waals surface area contributed by atoms with Crippen LogP contribution in [0.5, 0.6) is 0 Å². The van der Waals surface area contributed by atoms with E-state index in [0.717, 1.165) is 11.1 Å². The normalized spacial score (nSPS) is 31.7. The molecule has 0 heterocycles. The Morgan fingerprint density at radius 2 is 1.26 bits per heavy atom. The molecular weight excluding hydrogens is 280 g/mol. The van der Waals surface area contributed by atoms with Gasteiger partial charge in [-0.05, 0) is 53.7 Å². The predicted molar refractivity (Wildman–Crippen MR) is 92.5 cm³/mol. The molecule has 114 valence electrons. The van der Waals surface area contributed by atoms with E-state index in [0.29, 0.717) is 23.5 Å². The molecule has 0 N–H and O–H groups in total. The summed E-state index contributed by atoms with van der Waals surface area (Å²) in [5.74, 6) is 2.45. The molecule has 3 aliphatic carbocycles. The molecule has 0 spiro atoms. The Hall–Kier alpha value is -2.15. The molecule has 2 fully saturated rings. The van der Waals surface area contributed by atoms with Gasteiger partial charge in [0.15, 0.2) is 5.78 Å². The Balaban J connectivity index is 1.75. The summed E-state index contributed by atoms with van der Waals surface area (Å²) < 4.78 is 0. The van der Waals surface area contributed by atoms with Gasteiger partial charge in [-0.2, -0.15) is 0 Å². The van der Waals surface area contributed by atoms with E-state index in [-0.39, 0.29) is 5.92 Å². The van der Waals surface area contributed by atoms with Crippen molar-refractivity contribution >= 4 is 16.9 Å². The van der Waals surface area contributed by atoms with E-state index in [4.69, 9.17) is 0 Å². The first-order chi connectivity index (χ1) is 11.3. The minimum Gasteiger partial charge on any atom is -0.294 e. The monoisotopic (exact) mass is 300 g/mol. The van der Waals surface area contributed by atoms with Crippen LogP contribution >= 0.6 is 0 Å². The average Bonchev–Trinajstić information content (AvgIpc) is 3.29. The van der Waals surface area contributed by atoms with Crippen LogP contribution in [0.3, 0.4) is 0 Å². The van der Waals surface area contributed by atoms with Crippen LogP contribution < -0.4 is 0 Å². The summed E-state index contributed by atoms with van der Waals surface area (Å²) in [4.78, 5) is 13.3. The lowest BCUT2D eigenvalue weighted by atomic mass is 9.77. The molecule has 2 aromatic rings. The van der Waals surface area contributed by atoms with Crippen LogP contribution in [-0.4, -0.2) is 5.78 Å². The lowest BCUT2D eigenvalue weighted by Gasteiger charge is -2.26. The Kier molecular flexibility index (Phi) is 2.85. The molecule has 2 aromatic carbocycles. The van der Waals surface area contributed by atoms with Gasteiger partial charge in [0, 0.05) is 11.5 Å². The Morgan fingerprint density at radius 1 is 0.696 bits per heavy atom. The molecule has 4 atom stereocenters. The number of rotatable bonds is 2. The second kappa shape index (κ2) is 4.92. The molecule has 0 aliphatic heterocycles. The molecule has 2 saturated carbocycles. The maximum absolute atomic E-state index is 13.3. The van der Waals surface area contributed by atoms with Gasteiger partial charge in [-0.25, -0.2) is 0 Å². The van der Waals surface area contributed by atoms with E-state index in [1.807, 2.05) is 18.2 Å². The smallest absolute Gasteiger partial charge is 0.167 e. The number of ketones is 1. The maximum Gasteiger partial charge on any atom is 0.167 e. The van der Waals surface area contributed by atoms with Gasteiger partial charge in [-0.3, -0.25) is 4.79 Å². The molecule has 0 aromatic heterocycles. The number of Topliss-reactive ketones (excluding diaryl/α,β-unsaturated/α-hetero) is 1. The number of allylic oxidation sites excluding steroid dienone is 2. The Morgan fingerprint density at radius 3 is 1.91 bits per heavy atom. The summed E-state index contributed by atoms with van der Waals surface area (Å²) in [6, 6.07) is 20.9. The Labute approximate surface area is 137 Å². The van der Waals surface area contributed by atoms with Crippen LogP contribution in [0.4, 0.5) is 0 Å². The predicted octanol–water partition coefficient (Wildman–Crippen LogP) is 4.84. The van der Waals surface area contributed by atoms with Crippen LogP contribution in [0.15, 0.2) is 60.7 Å². The quantitative estimate of drug-likeness (QED) is 0.775. The maximum atomic E-state index is 13.3. The summed E-state index contributed by atoms with van der Waals surface area (Å²) in [6.45, 7) is 0. The number of benzene rings is 2. The minimum absolute atomic E-state index is 0.249. The highest BCUT2D eigenvalue weighted by atomic mass is 16.1. The van der Waals surface area contributed by atoms with Gasteiger partial charge in [0.1, 0.15) is 0 Å². The van der Waals surface area contributed by atoms with Crippen molar-refractivity contribution in [3.05, 3.63) is 71.8 Å². The second-order valence-electron chi connectivity index (χ2n) is 7.27. The number of carbonyl (C=O) groups is 1. The summed E-state index contributed by atoms with van der Waals surface area (Å²) in [5, 5.41) is 0. The van der Waals surface area contributed by atoms with E-state index in [1.54, 1.807) is 0 Å². The molecule has 2 bridgehead atoms. The van der Waals surface area contributed by atoms with E-state index in [9.17, 15) is 4.79 Å². The van der Waals surface area contributed by atoms with Gasteiger partial charge in [0.05, 0.1) is 0 Å². The van der Waals surface area contributed by atoms with Crippen molar-refractivity contribution in [2.24, 2.45) is 23.7 Å². The second-order valence-corrected chi connectivity index (χ2v) is 7.27. The largest absolute Gasteiger partial charge is 0.294 e. The van der Waals surface area contributed by atoms with Gasteiger partial charge >= 0.3 is 0 Å². The average molecular weight is 300 g/mol. The number of hydrogen-bond donors (Lipinski definition) is 0. The van der Waals surface area contributed by atoms with Crippen molar-refractivity contribution in [2.45, 2.75) is 19.3 Å². The van der Waals surface area contributed by atoms with Crippen molar-refractivity contribution in [1.29, 1.82) is 0 Å². The van der Waals surface area contributed by atoms with E-state index >= 15 is 0 Å². The number of fused-ring (bicyclic) bond motifs is 5. The van der Waals surface area contributed by atoms with E-state index < -0.39 is 0 Å². The highest BCUT2D eigenvalue weighted by Crippen LogP contribution is 2.62. The van der Waals surface area contributed by atoms with Gasteiger partial charge in [-0.15, -0.1) is 0 Å². The van der Waals surface area contributed by atoms with Crippen LogP contribution in [0.25, 0.3) is 11.1 Å². The van der Waals surface area contributed by atoms with Gasteiger partial charge in [0.25, 0.3) is 0 Å². The molecule has 23 heavy (non-hydrogen) atoms. The first-order valence-corrected chi connectivity index (χ1v) is 8.74. The molecule has 5 rings (SSSR count). The SMILES string of the molecule is O=C1C(c2ccccc2)=C(c2ccccc2)C2C3CCC(C3)C12. The lowest BCUT2D eigenvalue weighted by molar-refractivity contribution is -0.118. The van der Waals surface area contributed by atoms with Crippen molar-refractivity contribution in [3.63, 3.8) is 0 Å².